The summed E-state index contributed by atoms with van der Waals surface area (Å²) in [5.41, 5.74) is 8.87. The van der Waals surface area contributed by atoms with Gasteiger partial charge in [0.2, 0.25) is 0 Å². The molecule has 18 heavy (non-hydrogen) atoms. The van der Waals surface area contributed by atoms with Gasteiger partial charge in [-0.05, 0) is 19.1 Å². The van der Waals surface area contributed by atoms with E-state index >= 15 is 0 Å². The lowest BCUT2D eigenvalue weighted by Gasteiger charge is -2.09. The molecule has 0 aliphatic carbocycles. The summed E-state index contributed by atoms with van der Waals surface area (Å²) in [6, 6.07) is 6.48. The third-order valence-corrected chi connectivity index (χ3v) is 2.86. The van der Waals surface area contributed by atoms with Gasteiger partial charge in [-0.1, -0.05) is 12.1 Å². The van der Waals surface area contributed by atoms with Crippen LogP contribution in [0.5, 0.6) is 0 Å². The summed E-state index contributed by atoms with van der Waals surface area (Å²) < 4.78 is 15.4. The Balaban J connectivity index is 2.41. The molecule has 1 aromatic carbocycles. The second-order valence-electron chi connectivity index (χ2n) is 4.10. The molecule has 0 bridgehead atoms. The normalized spacial score (nSPS) is 11.0. The molecule has 0 fully saturated rings. The number of nitrogen functional groups attached to an aromatic ring is 1. The van der Waals surface area contributed by atoms with Crippen molar-refractivity contribution < 1.29 is 4.39 Å². The predicted molar refractivity (Wildman–Crippen MR) is 67.5 cm³/mol. The highest BCUT2D eigenvalue weighted by molar-refractivity contribution is 5.75. The van der Waals surface area contributed by atoms with Crippen LogP contribution in [0.2, 0.25) is 0 Å². The van der Waals surface area contributed by atoms with Crippen molar-refractivity contribution in [2.45, 2.75) is 6.92 Å². The highest BCUT2D eigenvalue weighted by Gasteiger charge is 2.14. The molecule has 2 N–H and O–H groups in total. The van der Waals surface area contributed by atoms with E-state index in [-0.39, 0.29) is 5.82 Å². The summed E-state index contributed by atoms with van der Waals surface area (Å²) in [6.45, 7) is 1.90. The number of nitrogens with zero attached hydrogens (tertiary/aromatic N) is 3. The first-order chi connectivity index (χ1) is 8.68. The fourth-order valence-electron chi connectivity index (χ4n) is 1.98. The van der Waals surface area contributed by atoms with Crippen LogP contribution in [0.1, 0.15) is 5.56 Å². The van der Waals surface area contributed by atoms with E-state index in [4.69, 9.17) is 5.73 Å². The summed E-state index contributed by atoms with van der Waals surface area (Å²) in [6.07, 6.45) is 3.22. The Morgan fingerprint density at radius 1 is 1.22 bits per heavy atom. The molecule has 0 saturated carbocycles. The van der Waals surface area contributed by atoms with Gasteiger partial charge in [0.1, 0.15) is 11.5 Å². The quantitative estimate of drug-likeness (QED) is 0.713. The van der Waals surface area contributed by atoms with Crippen molar-refractivity contribution in [1.82, 2.24) is 14.6 Å². The lowest BCUT2D eigenvalue weighted by Crippen LogP contribution is -2.03. The molecule has 4 nitrogen and oxygen atoms in total. The SMILES string of the molecule is Cc1cnn2c(-c3ccccc3F)c(N)cnc12. The van der Waals surface area contributed by atoms with Crippen LogP contribution in [0.15, 0.2) is 36.7 Å². The van der Waals surface area contributed by atoms with Crippen LogP contribution in [0, 0.1) is 12.7 Å². The fraction of sp³-hybridized carbons (Fsp3) is 0.0769. The molecule has 3 rings (SSSR count). The molecule has 0 aliphatic heterocycles. The maximum absolute atomic E-state index is 13.9. The Bertz CT molecular complexity index is 733. The van der Waals surface area contributed by atoms with Gasteiger partial charge in [0.15, 0.2) is 5.65 Å². The Hall–Kier alpha value is -2.43. The number of aryl methyl sites for hydroxylation is 1. The first-order valence-electron chi connectivity index (χ1n) is 5.52. The number of aromatic nitrogens is 3. The Morgan fingerprint density at radius 3 is 2.78 bits per heavy atom. The van der Waals surface area contributed by atoms with Gasteiger partial charge in [-0.3, -0.25) is 0 Å². The van der Waals surface area contributed by atoms with E-state index in [1.54, 1.807) is 28.9 Å². The zero-order valence-corrected chi connectivity index (χ0v) is 9.76. The van der Waals surface area contributed by atoms with Crippen molar-refractivity contribution in [3.05, 3.63) is 48.0 Å². The minimum absolute atomic E-state index is 0.329. The summed E-state index contributed by atoms with van der Waals surface area (Å²) in [4.78, 5) is 4.21. The number of halogens is 1. The fourth-order valence-corrected chi connectivity index (χ4v) is 1.98. The molecule has 0 spiro atoms. The Labute approximate surface area is 103 Å². The maximum Gasteiger partial charge on any atom is 0.158 e. The largest absolute Gasteiger partial charge is 0.396 e. The summed E-state index contributed by atoms with van der Waals surface area (Å²) in [7, 11) is 0. The monoisotopic (exact) mass is 242 g/mol. The van der Waals surface area contributed by atoms with Gasteiger partial charge in [-0.15, -0.1) is 0 Å². The van der Waals surface area contributed by atoms with Gasteiger partial charge in [0.25, 0.3) is 0 Å². The van der Waals surface area contributed by atoms with Gasteiger partial charge in [-0.25, -0.2) is 13.9 Å². The molecule has 0 saturated heterocycles. The molecule has 90 valence electrons. The Morgan fingerprint density at radius 2 is 2.00 bits per heavy atom. The van der Waals surface area contributed by atoms with E-state index < -0.39 is 0 Å². The van der Waals surface area contributed by atoms with Crippen LogP contribution in [0.25, 0.3) is 16.9 Å². The topological polar surface area (TPSA) is 56.2 Å². The summed E-state index contributed by atoms with van der Waals surface area (Å²) in [5.74, 6) is -0.329. The van der Waals surface area contributed by atoms with Crippen LogP contribution in [-0.2, 0) is 0 Å². The number of benzene rings is 1. The third-order valence-electron chi connectivity index (χ3n) is 2.86. The number of hydrogen-bond acceptors (Lipinski definition) is 3. The molecule has 0 atom stereocenters. The van der Waals surface area contributed by atoms with Crippen molar-refractivity contribution in [1.29, 1.82) is 0 Å². The van der Waals surface area contributed by atoms with E-state index in [1.807, 2.05) is 6.92 Å². The summed E-state index contributed by atoms with van der Waals surface area (Å²) in [5, 5.41) is 4.20. The Kier molecular flexibility index (Phi) is 2.26. The van der Waals surface area contributed by atoms with E-state index in [1.165, 1.54) is 12.3 Å². The second-order valence-corrected chi connectivity index (χ2v) is 4.10. The van der Waals surface area contributed by atoms with Crippen LogP contribution in [0.3, 0.4) is 0 Å². The van der Waals surface area contributed by atoms with Gasteiger partial charge in [0, 0.05) is 11.1 Å². The van der Waals surface area contributed by atoms with E-state index in [0.717, 1.165) is 5.56 Å². The molecule has 0 unspecified atom stereocenters. The standard InChI is InChI=1S/C13H11FN4/c1-8-6-17-18-12(11(15)7-16-13(8)18)9-4-2-3-5-10(9)14/h2-7H,15H2,1H3. The summed E-state index contributed by atoms with van der Waals surface area (Å²) >= 11 is 0. The van der Waals surface area contributed by atoms with Crippen LogP contribution in [-0.4, -0.2) is 14.6 Å². The van der Waals surface area contributed by atoms with Crippen molar-refractivity contribution in [2.24, 2.45) is 0 Å². The lowest BCUT2D eigenvalue weighted by atomic mass is 10.1. The van der Waals surface area contributed by atoms with Crippen molar-refractivity contribution in [3.8, 4) is 11.3 Å². The van der Waals surface area contributed by atoms with Crippen LogP contribution in [0.4, 0.5) is 10.1 Å². The zero-order valence-electron chi connectivity index (χ0n) is 9.76. The van der Waals surface area contributed by atoms with Crippen LogP contribution < -0.4 is 5.73 Å². The molecule has 0 radical (unpaired) electrons. The van der Waals surface area contributed by atoms with Gasteiger partial charge in [-0.2, -0.15) is 5.10 Å². The number of nitrogens with two attached hydrogens (primary N) is 1. The van der Waals surface area contributed by atoms with Gasteiger partial charge >= 0.3 is 0 Å². The number of anilines is 1. The van der Waals surface area contributed by atoms with E-state index in [0.29, 0.717) is 22.6 Å². The smallest absolute Gasteiger partial charge is 0.158 e. The van der Waals surface area contributed by atoms with Gasteiger partial charge in [0.05, 0.1) is 18.1 Å². The first kappa shape index (κ1) is 10.7. The molecular formula is C13H11FN4. The first-order valence-corrected chi connectivity index (χ1v) is 5.52. The van der Waals surface area contributed by atoms with E-state index in [9.17, 15) is 4.39 Å². The molecule has 0 amide bonds. The highest BCUT2D eigenvalue weighted by atomic mass is 19.1. The van der Waals surface area contributed by atoms with Gasteiger partial charge < -0.3 is 5.73 Å². The average molecular weight is 242 g/mol. The average Bonchev–Trinajstić information content (AvgIpc) is 2.73. The predicted octanol–water partition coefficient (Wildman–Crippen LogP) is 2.43. The van der Waals surface area contributed by atoms with Crippen molar-refractivity contribution >= 4 is 11.3 Å². The van der Waals surface area contributed by atoms with Crippen molar-refractivity contribution in [2.75, 3.05) is 5.73 Å². The second kappa shape index (κ2) is 3.80. The molecule has 0 aliphatic rings. The van der Waals surface area contributed by atoms with Crippen molar-refractivity contribution in [3.63, 3.8) is 0 Å². The third kappa shape index (κ3) is 1.44. The lowest BCUT2D eigenvalue weighted by molar-refractivity contribution is 0.630. The van der Waals surface area contributed by atoms with E-state index in [2.05, 4.69) is 10.1 Å². The minimum atomic E-state index is -0.329. The molecule has 3 aromatic rings. The van der Waals surface area contributed by atoms with Crippen LogP contribution >= 0.6 is 0 Å². The molecule has 2 aromatic heterocycles. The number of rotatable bonds is 1. The minimum Gasteiger partial charge on any atom is -0.396 e. The molecule has 5 heteroatoms. The number of hydrogen-bond donors (Lipinski definition) is 1. The molecular weight excluding hydrogens is 231 g/mol. The zero-order chi connectivity index (χ0) is 12.7. The molecule has 2 heterocycles. The number of fused-ring (bicyclic) bond motifs is 1. The maximum atomic E-state index is 13.9. The highest BCUT2D eigenvalue weighted by Crippen LogP contribution is 2.28.